The molecule has 0 saturated heterocycles. The fourth-order valence-electron chi connectivity index (χ4n) is 5.49. The maximum atomic E-state index is 3.52. The summed E-state index contributed by atoms with van der Waals surface area (Å²) in [4.78, 5) is 0. The zero-order chi connectivity index (χ0) is 12.8. The zero-order valence-corrected chi connectivity index (χ0v) is 13.1. The van der Waals surface area contributed by atoms with Gasteiger partial charge in [-0.25, -0.2) is 0 Å². The zero-order valence-electron chi connectivity index (χ0n) is 11.5. The van der Waals surface area contributed by atoms with Crippen molar-refractivity contribution in [2.75, 3.05) is 0 Å². The quantitative estimate of drug-likeness (QED) is 0.694. The van der Waals surface area contributed by atoms with Crippen LogP contribution in [0.3, 0.4) is 0 Å². The molecule has 4 bridgehead atoms. The molecule has 1 aromatic carbocycles. The number of rotatable bonds is 3. The van der Waals surface area contributed by atoms with Crippen molar-refractivity contribution in [3.63, 3.8) is 0 Å². The van der Waals surface area contributed by atoms with E-state index in [1.807, 2.05) is 0 Å². The van der Waals surface area contributed by atoms with E-state index in [4.69, 9.17) is 0 Å². The van der Waals surface area contributed by atoms with E-state index >= 15 is 0 Å². The highest BCUT2D eigenvalue weighted by molar-refractivity contribution is 9.10. The second kappa shape index (κ2) is 4.91. The Kier molecular flexibility index (Phi) is 3.22. The highest BCUT2D eigenvalue weighted by atomic mass is 79.9. The van der Waals surface area contributed by atoms with Gasteiger partial charge >= 0.3 is 0 Å². The van der Waals surface area contributed by atoms with Crippen molar-refractivity contribution in [2.24, 2.45) is 29.6 Å². The fourth-order valence-corrected chi connectivity index (χ4v) is 5.76. The molecule has 0 N–H and O–H groups in total. The average molecular weight is 319 g/mol. The standard InChI is InChI=1S/C18H23Br/c19-17-4-1-12(2-5-17)3-6-18-15-8-13-7-14(10-15)11-16(18)9-13/h1-2,4-5,13-16,18H,3,6-11H2. The Morgan fingerprint density at radius 3 is 2.00 bits per heavy atom. The number of benzene rings is 1. The summed E-state index contributed by atoms with van der Waals surface area (Å²) in [6.07, 6.45) is 10.6. The van der Waals surface area contributed by atoms with E-state index in [2.05, 4.69) is 40.2 Å². The second-order valence-corrected chi connectivity index (χ2v) is 8.18. The molecule has 0 aromatic heterocycles. The number of hydrogen-bond donors (Lipinski definition) is 0. The Hall–Kier alpha value is -0.300. The van der Waals surface area contributed by atoms with E-state index in [9.17, 15) is 0 Å². The predicted molar refractivity (Wildman–Crippen MR) is 83.0 cm³/mol. The first-order chi connectivity index (χ1) is 9.28. The molecule has 5 rings (SSSR count). The third-order valence-corrected chi connectivity index (χ3v) is 6.63. The first-order valence-corrected chi connectivity index (χ1v) is 8.81. The molecule has 0 atom stereocenters. The molecule has 0 heterocycles. The van der Waals surface area contributed by atoms with E-state index in [0.29, 0.717) is 0 Å². The van der Waals surface area contributed by atoms with Gasteiger partial charge < -0.3 is 0 Å². The molecular weight excluding hydrogens is 296 g/mol. The van der Waals surface area contributed by atoms with Crippen molar-refractivity contribution in [1.82, 2.24) is 0 Å². The van der Waals surface area contributed by atoms with Crippen LogP contribution in [0.5, 0.6) is 0 Å². The molecule has 0 nitrogen and oxygen atoms in total. The van der Waals surface area contributed by atoms with Gasteiger partial charge in [0.15, 0.2) is 0 Å². The third-order valence-electron chi connectivity index (χ3n) is 6.10. The minimum atomic E-state index is 1.05. The SMILES string of the molecule is Brc1ccc(CCC2C3CC4CC(C3)CC2C4)cc1. The van der Waals surface area contributed by atoms with Crippen LogP contribution in [0.1, 0.15) is 44.1 Å². The Balaban J connectivity index is 1.42. The summed E-state index contributed by atoms with van der Waals surface area (Å²) in [5.41, 5.74) is 1.53. The third kappa shape index (κ3) is 2.39. The van der Waals surface area contributed by atoms with Crippen LogP contribution in [0.15, 0.2) is 28.7 Å². The summed E-state index contributed by atoms with van der Waals surface area (Å²) in [5, 5.41) is 0. The van der Waals surface area contributed by atoms with Gasteiger partial charge in [0.1, 0.15) is 0 Å². The Bertz CT molecular complexity index is 419. The monoisotopic (exact) mass is 318 g/mol. The van der Waals surface area contributed by atoms with Gasteiger partial charge in [0, 0.05) is 4.47 Å². The molecule has 0 spiro atoms. The fraction of sp³-hybridized carbons (Fsp3) is 0.667. The maximum absolute atomic E-state index is 3.52. The minimum Gasteiger partial charge on any atom is -0.0579 e. The molecule has 1 heteroatoms. The van der Waals surface area contributed by atoms with Gasteiger partial charge in [-0.3, -0.25) is 0 Å². The van der Waals surface area contributed by atoms with Crippen molar-refractivity contribution in [2.45, 2.75) is 44.9 Å². The van der Waals surface area contributed by atoms with Crippen LogP contribution in [0.4, 0.5) is 0 Å². The highest BCUT2D eigenvalue weighted by Crippen LogP contribution is 2.57. The predicted octanol–water partition coefficient (Wildman–Crippen LogP) is 5.45. The van der Waals surface area contributed by atoms with Crippen molar-refractivity contribution in [3.05, 3.63) is 34.3 Å². The lowest BCUT2D eigenvalue weighted by Gasteiger charge is -2.54. The second-order valence-electron chi connectivity index (χ2n) is 7.26. The lowest BCUT2D eigenvalue weighted by Crippen LogP contribution is -2.45. The molecule has 4 fully saturated rings. The van der Waals surface area contributed by atoms with Crippen molar-refractivity contribution >= 4 is 15.9 Å². The topological polar surface area (TPSA) is 0 Å². The van der Waals surface area contributed by atoms with E-state index in [-0.39, 0.29) is 0 Å². The molecule has 0 radical (unpaired) electrons. The first-order valence-electron chi connectivity index (χ1n) is 8.02. The Morgan fingerprint density at radius 1 is 0.842 bits per heavy atom. The molecule has 4 saturated carbocycles. The van der Waals surface area contributed by atoms with Crippen LogP contribution in [-0.4, -0.2) is 0 Å². The largest absolute Gasteiger partial charge is 0.0579 e. The van der Waals surface area contributed by atoms with Crippen LogP contribution in [-0.2, 0) is 6.42 Å². The van der Waals surface area contributed by atoms with Gasteiger partial charge in [-0.1, -0.05) is 28.1 Å². The molecule has 1 aromatic rings. The number of aryl methyl sites for hydroxylation is 1. The lowest BCUT2D eigenvalue weighted by molar-refractivity contribution is -0.0394. The molecule has 19 heavy (non-hydrogen) atoms. The van der Waals surface area contributed by atoms with Gasteiger partial charge in [0.05, 0.1) is 0 Å². The summed E-state index contributed by atoms with van der Waals surface area (Å²) in [6, 6.07) is 8.96. The van der Waals surface area contributed by atoms with E-state index in [0.717, 1.165) is 29.6 Å². The molecule has 102 valence electrons. The van der Waals surface area contributed by atoms with Gasteiger partial charge in [-0.2, -0.15) is 0 Å². The van der Waals surface area contributed by atoms with Crippen LogP contribution in [0.2, 0.25) is 0 Å². The summed E-state index contributed by atoms with van der Waals surface area (Å²) in [5.74, 6) is 5.47. The van der Waals surface area contributed by atoms with Crippen LogP contribution in [0.25, 0.3) is 0 Å². The summed E-state index contributed by atoms with van der Waals surface area (Å²) < 4.78 is 1.20. The molecule has 4 aliphatic rings. The molecule has 0 aliphatic heterocycles. The molecular formula is C18H23Br. The molecule has 4 aliphatic carbocycles. The maximum Gasteiger partial charge on any atom is 0.0175 e. The molecule has 0 amide bonds. The van der Waals surface area contributed by atoms with Gasteiger partial charge in [-0.15, -0.1) is 0 Å². The van der Waals surface area contributed by atoms with Crippen molar-refractivity contribution < 1.29 is 0 Å². The average Bonchev–Trinajstić information content (AvgIpc) is 2.39. The van der Waals surface area contributed by atoms with Gasteiger partial charge in [-0.05, 0) is 92.2 Å². The number of hydrogen-bond acceptors (Lipinski definition) is 0. The van der Waals surface area contributed by atoms with Crippen LogP contribution >= 0.6 is 15.9 Å². The molecule has 0 unspecified atom stereocenters. The Labute approximate surface area is 125 Å². The Morgan fingerprint density at radius 2 is 1.42 bits per heavy atom. The summed E-state index contributed by atoms with van der Waals surface area (Å²) in [6.45, 7) is 0. The van der Waals surface area contributed by atoms with E-state index < -0.39 is 0 Å². The lowest BCUT2D eigenvalue weighted by atomic mass is 9.51. The van der Waals surface area contributed by atoms with E-state index in [1.165, 1.54) is 22.9 Å². The smallest absolute Gasteiger partial charge is 0.0175 e. The van der Waals surface area contributed by atoms with Gasteiger partial charge in [0.2, 0.25) is 0 Å². The van der Waals surface area contributed by atoms with Crippen LogP contribution < -0.4 is 0 Å². The minimum absolute atomic E-state index is 1.05. The summed E-state index contributed by atoms with van der Waals surface area (Å²) >= 11 is 3.52. The highest BCUT2D eigenvalue weighted by Gasteiger charge is 2.47. The number of halogens is 1. The van der Waals surface area contributed by atoms with Crippen molar-refractivity contribution in [3.8, 4) is 0 Å². The van der Waals surface area contributed by atoms with E-state index in [1.54, 1.807) is 32.1 Å². The normalized spacial score (nSPS) is 39.7. The summed E-state index contributed by atoms with van der Waals surface area (Å²) in [7, 11) is 0. The first kappa shape index (κ1) is 12.4. The van der Waals surface area contributed by atoms with Crippen molar-refractivity contribution in [1.29, 1.82) is 0 Å². The van der Waals surface area contributed by atoms with Crippen LogP contribution in [0, 0.1) is 29.6 Å². The van der Waals surface area contributed by atoms with Gasteiger partial charge in [0.25, 0.3) is 0 Å².